The Hall–Kier alpha value is -4.86. The van der Waals surface area contributed by atoms with Gasteiger partial charge in [0.2, 0.25) is 41.4 Å². The number of nitrogens with two attached hydrogens (primary N) is 2. The van der Waals surface area contributed by atoms with Crippen molar-refractivity contribution in [3.05, 3.63) is 39.9 Å². The molecule has 7 amide bonds. The summed E-state index contributed by atoms with van der Waals surface area (Å²) in [5.41, 5.74) is 11.4. The number of primary amides is 1. The highest BCUT2D eigenvalue weighted by Gasteiger charge is 2.36. The quantitative estimate of drug-likeness (QED) is 0.0581. The van der Waals surface area contributed by atoms with Gasteiger partial charge >= 0.3 is 0 Å². The standard InChI is InChI=1S/C35H55N9O11S/c1-18(2)27(33(51)43-28(19(3)45)34(52)39-24(30(37)48)16-21-9-11-22(12-10-21)44(54)55)41-35(53)29(20(4)46)42-32(50)25-17-56-15-7-5-6-8-26(47)38-23(13-14-36)31(49)40-25/h9-12,18-20,23-25,27-29,45-46H,5-8,13-17,36H2,1-4H3,(H2,37,48)(H,38,47)(H,39,52)(H,40,49)(H,41,53)(H,42,50)(H,43,51)/t19-,20-,23-,24+,25+,27+,28+,29+/m1/s1. The van der Waals surface area contributed by atoms with Gasteiger partial charge in [-0.25, -0.2) is 0 Å². The topological polar surface area (TPSA) is 327 Å². The number of benzene rings is 1. The van der Waals surface area contributed by atoms with Crippen molar-refractivity contribution in [3.8, 4) is 0 Å². The maximum atomic E-state index is 13.6. The molecule has 1 saturated heterocycles. The molecule has 0 saturated carbocycles. The number of nitro benzene ring substituents is 1. The van der Waals surface area contributed by atoms with E-state index in [9.17, 15) is 53.9 Å². The number of hydrogen-bond donors (Lipinski definition) is 10. The second-order valence-electron chi connectivity index (χ2n) is 13.9. The second kappa shape index (κ2) is 23.3. The molecule has 0 radical (unpaired) electrons. The molecular formula is C35H55N9O11S. The van der Waals surface area contributed by atoms with E-state index < -0.39 is 94.7 Å². The van der Waals surface area contributed by atoms with E-state index in [0.717, 1.165) is 12.8 Å². The molecule has 56 heavy (non-hydrogen) atoms. The highest BCUT2D eigenvalue weighted by molar-refractivity contribution is 7.99. The Morgan fingerprint density at radius 2 is 1.45 bits per heavy atom. The second-order valence-corrected chi connectivity index (χ2v) is 15.1. The lowest BCUT2D eigenvalue weighted by molar-refractivity contribution is -0.384. The molecule has 0 bridgehead atoms. The molecule has 1 aliphatic rings. The van der Waals surface area contributed by atoms with Gasteiger partial charge in [-0.2, -0.15) is 11.8 Å². The number of rotatable bonds is 17. The summed E-state index contributed by atoms with van der Waals surface area (Å²) in [5, 5.41) is 46.9. The number of amides is 7. The van der Waals surface area contributed by atoms with Crippen molar-refractivity contribution in [3.63, 3.8) is 0 Å². The fraction of sp³-hybridized carbons (Fsp3) is 0.629. The van der Waals surface area contributed by atoms with E-state index >= 15 is 0 Å². The average molecular weight is 810 g/mol. The van der Waals surface area contributed by atoms with Crippen molar-refractivity contribution in [1.82, 2.24) is 31.9 Å². The van der Waals surface area contributed by atoms with Gasteiger partial charge in [-0.3, -0.25) is 43.7 Å². The fourth-order valence-corrected chi connectivity index (χ4v) is 6.63. The van der Waals surface area contributed by atoms with Crippen LogP contribution >= 0.6 is 11.8 Å². The Morgan fingerprint density at radius 1 is 0.875 bits per heavy atom. The summed E-state index contributed by atoms with van der Waals surface area (Å²) < 4.78 is 0. The molecule has 8 atom stereocenters. The number of aliphatic hydroxyl groups excluding tert-OH is 2. The van der Waals surface area contributed by atoms with E-state index in [2.05, 4.69) is 31.9 Å². The van der Waals surface area contributed by atoms with Gasteiger partial charge in [0, 0.05) is 30.7 Å². The summed E-state index contributed by atoms with van der Waals surface area (Å²) in [6, 6.07) is -2.97. The van der Waals surface area contributed by atoms with Crippen molar-refractivity contribution < 1.29 is 48.7 Å². The first kappa shape index (κ1) is 47.3. The van der Waals surface area contributed by atoms with Crippen LogP contribution in [0.5, 0.6) is 0 Å². The van der Waals surface area contributed by atoms with E-state index in [1.165, 1.54) is 49.9 Å². The molecule has 2 rings (SSSR count). The third-order valence-electron chi connectivity index (χ3n) is 8.84. The molecule has 1 aromatic carbocycles. The number of hydrogen-bond acceptors (Lipinski definition) is 13. The fourth-order valence-electron chi connectivity index (χ4n) is 5.58. The third kappa shape index (κ3) is 15.3. The van der Waals surface area contributed by atoms with E-state index in [1.807, 2.05) is 0 Å². The minimum absolute atomic E-state index is 0.0830. The van der Waals surface area contributed by atoms with Crippen LogP contribution in [0.25, 0.3) is 0 Å². The van der Waals surface area contributed by atoms with Crippen molar-refractivity contribution in [2.45, 2.75) is 115 Å². The molecule has 312 valence electrons. The predicted octanol–water partition coefficient (Wildman–Crippen LogP) is -2.39. The van der Waals surface area contributed by atoms with Gasteiger partial charge in [0.15, 0.2) is 0 Å². The summed E-state index contributed by atoms with van der Waals surface area (Å²) in [4.78, 5) is 102. The monoisotopic (exact) mass is 809 g/mol. The number of carbonyl (C=O) groups excluding carboxylic acids is 7. The minimum atomic E-state index is -1.65. The molecular weight excluding hydrogens is 755 g/mol. The Balaban J connectivity index is 2.20. The Labute approximate surface area is 328 Å². The van der Waals surface area contributed by atoms with Crippen LogP contribution < -0.4 is 43.4 Å². The summed E-state index contributed by atoms with van der Waals surface area (Å²) in [5.74, 6) is -5.54. The number of nitrogens with one attached hydrogen (secondary N) is 6. The Bertz CT molecular complexity index is 1540. The lowest BCUT2D eigenvalue weighted by atomic mass is 10.0. The molecule has 1 aliphatic heterocycles. The van der Waals surface area contributed by atoms with Gasteiger partial charge in [0.1, 0.15) is 36.3 Å². The van der Waals surface area contributed by atoms with Crippen molar-refractivity contribution in [2.24, 2.45) is 17.4 Å². The lowest BCUT2D eigenvalue weighted by Gasteiger charge is -2.30. The average Bonchev–Trinajstić information content (AvgIpc) is 3.13. The van der Waals surface area contributed by atoms with Gasteiger partial charge in [-0.1, -0.05) is 32.4 Å². The number of nitrogens with zero attached hydrogens (tertiary/aromatic N) is 1. The van der Waals surface area contributed by atoms with E-state index in [0.29, 0.717) is 17.7 Å². The van der Waals surface area contributed by atoms with Gasteiger partial charge in [0.05, 0.1) is 17.1 Å². The van der Waals surface area contributed by atoms with Gasteiger partial charge in [0.25, 0.3) is 5.69 Å². The van der Waals surface area contributed by atoms with Gasteiger partial charge in [-0.15, -0.1) is 0 Å². The normalized spacial score (nSPS) is 20.1. The third-order valence-corrected chi connectivity index (χ3v) is 9.98. The molecule has 12 N–H and O–H groups in total. The Morgan fingerprint density at radius 3 is 2.00 bits per heavy atom. The first-order chi connectivity index (χ1) is 26.4. The number of thioether (sulfide) groups is 1. The Kier molecular flexibility index (Phi) is 19.6. The summed E-state index contributed by atoms with van der Waals surface area (Å²) in [6.45, 7) is 5.66. The summed E-state index contributed by atoms with van der Waals surface area (Å²) in [7, 11) is 0. The first-order valence-electron chi connectivity index (χ1n) is 18.3. The van der Waals surface area contributed by atoms with E-state index in [-0.39, 0.29) is 43.2 Å². The molecule has 1 heterocycles. The van der Waals surface area contributed by atoms with Crippen molar-refractivity contribution >= 4 is 58.8 Å². The van der Waals surface area contributed by atoms with Crippen LogP contribution in [0.4, 0.5) is 5.69 Å². The zero-order valence-corrected chi connectivity index (χ0v) is 32.8. The van der Waals surface area contributed by atoms with Crippen LogP contribution in [-0.4, -0.2) is 123 Å². The SMILES string of the molecule is CC(C)[C@H](NC(=O)[C@@H](NC(=O)[C@@H]1CSCCCCCC(=O)N[C@H](CCN)C(=O)N1)[C@@H](C)O)C(=O)N[C@H](C(=O)N[C@@H](Cc1ccc([N+](=O)[O-])cc1)C(N)=O)[C@@H](C)O. The van der Waals surface area contributed by atoms with Gasteiger partial charge in [-0.05, 0) is 56.9 Å². The predicted molar refractivity (Wildman–Crippen MR) is 205 cm³/mol. The number of nitro groups is 1. The molecule has 0 spiro atoms. The zero-order chi connectivity index (χ0) is 42.1. The maximum Gasteiger partial charge on any atom is 0.269 e. The highest BCUT2D eigenvalue weighted by Crippen LogP contribution is 2.15. The molecule has 20 nitrogen and oxygen atoms in total. The highest BCUT2D eigenvalue weighted by atomic mass is 32.2. The molecule has 1 fully saturated rings. The number of carbonyl (C=O) groups is 7. The van der Waals surface area contributed by atoms with E-state index in [1.54, 1.807) is 13.8 Å². The number of aliphatic hydroxyl groups is 2. The molecule has 0 aliphatic carbocycles. The van der Waals surface area contributed by atoms with Crippen LogP contribution in [0.2, 0.25) is 0 Å². The van der Waals surface area contributed by atoms with Crippen LogP contribution in [-0.2, 0) is 40.0 Å². The van der Waals surface area contributed by atoms with Crippen LogP contribution in [0.15, 0.2) is 24.3 Å². The first-order valence-corrected chi connectivity index (χ1v) is 19.5. The smallest absolute Gasteiger partial charge is 0.269 e. The van der Waals surface area contributed by atoms with Crippen molar-refractivity contribution in [2.75, 3.05) is 18.1 Å². The zero-order valence-electron chi connectivity index (χ0n) is 31.9. The minimum Gasteiger partial charge on any atom is -0.391 e. The lowest BCUT2D eigenvalue weighted by Crippen LogP contribution is -2.63. The summed E-state index contributed by atoms with van der Waals surface area (Å²) >= 11 is 1.38. The molecule has 0 aromatic heterocycles. The van der Waals surface area contributed by atoms with Gasteiger partial charge < -0.3 is 53.6 Å². The van der Waals surface area contributed by atoms with Crippen LogP contribution in [0, 0.1) is 16.0 Å². The largest absolute Gasteiger partial charge is 0.391 e. The molecule has 1 aromatic rings. The molecule has 21 heteroatoms. The molecule has 0 unspecified atom stereocenters. The van der Waals surface area contributed by atoms with Crippen LogP contribution in [0.3, 0.4) is 0 Å². The maximum absolute atomic E-state index is 13.6. The van der Waals surface area contributed by atoms with Crippen molar-refractivity contribution in [1.29, 1.82) is 0 Å². The van der Waals surface area contributed by atoms with E-state index in [4.69, 9.17) is 11.5 Å². The summed E-state index contributed by atoms with van der Waals surface area (Å²) in [6.07, 6.45) is -0.672. The van der Waals surface area contributed by atoms with Crippen LogP contribution in [0.1, 0.15) is 65.4 Å². The number of non-ortho nitro benzene ring substituents is 1.